The Bertz CT molecular complexity index is 328. The van der Waals surface area contributed by atoms with E-state index in [9.17, 15) is 4.79 Å². The molecule has 2 heteroatoms. The fraction of sp³-hybridized carbons (Fsp3) is 0.667. The van der Waals surface area contributed by atoms with Gasteiger partial charge in [-0.15, -0.1) is 0 Å². The molecule has 1 atom stereocenters. The second-order valence-electron chi connectivity index (χ2n) is 4.40. The second-order valence-corrected chi connectivity index (χ2v) is 4.40. The van der Waals surface area contributed by atoms with Crippen molar-refractivity contribution in [2.24, 2.45) is 0 Å². The Morgan fingerprint density at radius 2 is 2.12 bits per heavy atom. The quantitative estimate of drug-likeness (QED) is 0.730. The standard InChI is InChI=1S/C13H19NO.C2H6/c1-3-4-9-14-10(2)11-7-5-6-8-12(11)13(14)15;1-2/h5,7,10H,3-4,6,8-9H2,1-2H3;1-2H3. The average Bonchev–Trinajstić information content (AvgIpc) is 2.63. The molecular weight excluding hydrogens is 210 g/mol. The molecule has 2 rings (SSSR count). The maximum Gasteiger partial charge on any atom is 0.250 e. The van der Waals surface area contributed by atoms with Gasteiger partial charge in [-0.2, -0.15) is 0 Å². The zero-order valence-electron chi connectivity index (χ0n) is 11.6. The highest BCUT2D eigenvalue weighted by Crippen LogP contribution is 2.32. The van der Waals surface area contributed by atoms with E-state index in [2.05, 4.69) is 26.0 Å². The summed E-state index contributed by atoms with van der Waals surface area (Å²) >= 11 is 0. The predicted octanol–water partition coefficient (Wildman–Crippen LogP) is 3.69. The first kappa shape index (κ1) is 14.0. The van der Waals surface area contributed by atoms with E-state index >= 15 is 0 Å². The van der Waals surface area contributed by atoms with E-state index in [1.54, 1.807) is 0 Å². The number of nitrogens with zero attached hydrogens (tertiary/aromatic N) is 1. The van der Waals surface area contributed by atoms with E-state index in [0.29, 0.717) is 6.04 Å². The lowest BCUT2D eigenvalue weighted by Crippen LogP contribution is -2.34. The minimum Gasteiger partial charge on any atom is -0.332 e. The van der Waals surface area contributed by atoms with Gasteiger partial charge in [0.15, 0.2) is 0 Å². The van der Waals surface area contributed by atoms with Crippen molar-refractivity contribution in [3.05, 3.63) is 23.3 Å². The summed E-state index contributed by atoms with van der Waals surface area (Å²) in [5, 5.41) is 0. The Morgan fingerprint density at radius 1 is 1.41 bits per heavy atom. The van der Waals surface area contributed by atoms with Gasteiger partial charge in [-0.05, 0) is 31.8 Å². The van der Waals surface area contributed by atoms with Crippen LogP contribution in [0.3, 0.4) is 0 Å². The Morgan fingerprint density at radius 3 is 2.71 bits per heavy atom. The molecule has 2 nitrogen and oxygen atoms in total. The first-order valence-electron chi connectivity index (χ1n) is 6.96. The van der Waals surface area contributed by atoms with E-state index in [1.807, 2.05) is 18.7 Å². The molecule has 0 aromatic carbocycles. The van der Waals surface area contributed by atoms with Crippen LogP contribution in [-0.4, -0.2) is 23.4 Å². The van der Waals surface area contributed by atoms with Crippen LogP contribution < -0.4 is 0 Å². The van der Waals surface area contributed by atoms with Crippen molar-refractivity contribution < 1.29 is 4.79 Å². The fourth-order valence-corrected chi connectivity index (χ4v) is 2.45. The summed E-state index contributed by atoms with van der Waals surface area (Å²) in [5.74, 6) is 0.287. The smallest absolute Gasteiger partial charge is 0.250 e. The zero-order chi connectivity index (χ0) is 12.8. The molecule has 1 heterocycles. The summed E-state index contributed by atoms with van der Waals surface area (Å²) < 4.78 is 0. The summed E-state index contributed by atoms with van der Waals surface area (Å²) in [6.07, 6.45) is 8.56. The number of allylic oxidation sites excluding steroid dienone is 1. The van der Waals surface area contributed by atoms with E-state index in [0.717, 1.165) is 37.8 Å². The van der Waals surface area contributed by atoms with Crippen molar-refractivity contribution in [2.45, 2.75) is 59.4 Å². The normalized spacial score (nSPS) is 22.5. The largest absolute Gasteiger partial charge is 0.332 e. The van der Waals surface area contributed by atoms with Gasteiger partial charge in [0.05, 0.1) is 6.04 Å². The van der Waals surface area contributed by atoms with Gasteiger partial charge in [0.1, 0.15) is 0 Å². The number of carbonyl (C=O) groups is 1. The highest BCUT2D eigenvalue weighted by molar-refractivity contribution is 5.98. The Labute approximate surface area is 105 Å². The highest BCUT2D eigenvalue weighted by Gasteiger charge is 2.34. The van der Waals surface area contributed by atoms with Crippen LogP contribution in [0.1, 0.15) is 53.4 Å². The van der Waals surface area contributed by atoms with Crippen LogP contribution in [-0.2, 0) is 4.79 Å². The fourth-order valence-electron chi connectivity index (χ4n) is 2.45. The molecule has 1 amide bonds. The Hall–Kier alpha value is -1.05. The van der Waals surface area contributed by atoms with Crippen LogP contribution in [0.25, 0.3) is 0 Å². The number of amides is 1. The van der Waals surface area contributed by atoms with Gasteiger partial charge < -0.3 is 4.90 Å². The molecule has 1 aliphatic heterocycles. The van der Waals surface area contributed by atoms with Crippen molar-refractivity contribution in [2.75, 3.05) is 6.54 Å². The first-order valence-corrected chi connectivity index (χ1v) is 6.96. The lowest BCUT2D eigenvalue weighted by Gasteiger charge is -2.22. The topological polar surface area (TPSA) is 20.3 Å². The summed E-state index contributed by atoms with van der Waals surface area (Å²) in [5.41, 5.74) is 2.34. The van der Waals surface area contributed by atoms with E-state index in [-0.39, 0.29) is 5.91 Å². The molecule has 96 valence electrons. The third kappa shape index (κ3) is 2.80. The molecule has 0 saturated carbocycles. The van der Waals surface area contributed by atoms with Gasteiger partial charge in [0.25, 0.3) is 5.91 Å². The van der Waals surface area contributed by atoms with Crippen molar-refractivity contribution in [3.63, 3.8) is 0 Å². The summed E-state index contributed by atoms with van der Waals surface area (Å²) in [6, 6.07) is 0.301. The van der Waals surface area contributed by atoms with Crippen molar-refractivity contribution in [1.29, 1.82) is 0 Å². The van der Waals surface area contributed by atoms with Gasteiger partial charge in [-0.25, -0.2) is 0 Å². The molecule has 0 bridgehead atoms. The maximum absolute atomic E-state index is 12.1. The molecule has 0 aromatic rings. The Balaban J connectivity index is 0.000000686. The van der Waals surface area contributed by atoms with Crippen molar-refractivity contribution in [1.82, 2.24) is 4.90 Å². The summed E-state index contributed by atoms with van der Waals surface area (Å²) in [6.45, 7) is 9.22. The van der Waals surface area contributed by atoms with Crippen LogP contribution in [0.2, 0.25) is 0 Å². The third-order valence-corrected chi connectivity index (χ3v) is 3.40. The Kier molecular flexibility index (Phi) is 5.46. The van der Waals surface area contributed by atoms with E-state index in [1.165, 1.54) is 5.57 Å². The molecule has 0 spiro atoms. The number of hydrogen-bond donors (Lipinski definition) is 0. The molecule has 0 aromatic heterocycles. The lowest BCUT2D eigenvalue weighted by atomic mass is 9.97. The maximum atomic E-state index is 12.1. The van der Waals surface area contributed by atoms with Gasteiger partial charge in [-0.1, -0.05) is 39.3 Å². The van der Waals surface area contributed by atoms with Gasteiger partial charge in [0.2, 0.25) is 0 Å². The van der Waals surface area contributed by atoms with E-state index < -0.39 is 0 Å². The van der Waals surface area contributed by atoms with Gasteiger partial charge in [0, 0.05) is 12.1 Å². The lowest BCUT2D eigenvalue weighted by molar-refractivity contribution is -0.127. The summed E-state index contributed by atoms with van der Waals surface area (Å²) in [4.78, 5) is 14.1. The van der Waals surface area contributed by atoms with Crippen LogP contribution in [0.4, 0.5) is 0 Å². The van der Waals surface area contributed by atoms with Crippen molar-refractivity contribution >= 4 is 5.91 Å². The van der Waals surface area contributed by atoms with Crippen LogP contribution in [0.5, 0.6) is 0 Å². The molecule has 0 radical (unpaired) electrons. The van der Waals surface area contributed by atoms with E-state index in [4.69, 9.17) is 0 Å². The molecule has 17 heavy (non-hydrogen) atoms. The first-order chi connectivity index (χ1) is 8.25. The van der Waals surface area contributed by atoms with Gasteiger partial charge in [-0.3, -0.25) is 4.79 Å². The SMILES string of the molecule is CC.CCCCN1C(=O)C2=C(C=CCC2)C1C. The molecule has 0 fully saturated rings. The highest BCUT2D eigenvalue weighted by atomic mass is 16.2. The average molecular weight is 235 g/mol. The zero-order valence-corrected chi connectivity index (χ0v) is 11.6. The third-order valence-electron chi connectivity index (χ3n) is 3.40. The van der Waals surface area contributed by atoms with Gasteiger partial charge >= 0.3 is 0 Å². The summed E-state index contributed by atoms with van der Waals surface area (Å²) in [7, 11) is 0. The molecule has 1 unspecified atom stereocenters. The molecule has 0 N–H and O–H groups in total. The van der Waals surface area contributed by atoms with Crippen LogP contribution in [0.15, 0.2) is 23.3 Å². The number of carbonyl (C=O) groups excluding carboxylic acids is 1. The minimum atomic E-state index is 0.287. The van der Waals surface area contributed by atoms with Crippen LogP contribution >= 0.6 is 0 Å². The molecule has 1 aliphatic carbocycles. The number of unbranched alkanes of at least 4 members (excludes halogenated alkanes) is 1. The second kappa shape index (κ2) is 6.63. The van der Waals surface area contributed by atoms with Crippen molar-refractivity contribution in [3.8, 4) is 0 Å². The molecule has 0 saturated heterocycles. The predicted molar refractivity (Wildman–Crippen MR) is 72.8 cm³/mol. The number of rotatable bonds is 3. The van der Waals surface area contributed by atoms with Crippen LogP contribution in [0, 0.1) is 0 Å². The molecular formula is C15H25NO. The molecule has 2 aliphatic rings. The number of hydrogen-bond acceptors (Lipinski definition) is 1. The minimum absolute atomic E-state index is 0.287. The monoisotopic (exact) mass is 235 g/mol.